The minimum atomic E-state index is -0.991. The maximum Gasteiger partial charge on any atom is 0.339 e. The molecule has 1 N–H and O–H groups in total. The Morgan fingerprint density at radius 1 is 1.25 bits per heavy atom. The summed E-state index contributed by atoms with van der Waals surface area (Å²) in [5, 5.41) is 9.33. The monoisotopic (exact) mass is 376 g/mol. The van der Waals surface area contributed by atoms with E-state index in [1.807, 2.05) is 37.4 Å². The fourth-order valence-corrected chi connectivity index (χ4v) is 3.31. The van der Waals surface area contributed by atoms with Crippen molar-refractivity contribution < 1.29 is 14.6 Å². The van der Waals surface area contributed by atoms with Crippen LogP contribution in [0.25, 0.3) is 11.5 Å². The zero-order valence-corrected chi connectivity index (χ0v) is 15.5. The van der Waals surface area contributed by atoms with Gasteiger partial charge in [-0.05, 0) is 31.2 Å². The summed E-state index contributed by atoms with van der Waals surface area (Å²) in [6, 6.07) is 10.9. The molecule has 3 aromatic rings. The number of carboxylic acids is 1. The first-order chi connectivity index (χ1) is 13.7. The first-order valence-electron chi connectivity index (χ1n) is 9.17. The van der Waals surface area contributed by atoms with Crippen molar-refractivity contribution in [2.75, 3.05) is 18.1 Å². The molecule has 0 atom stereocenters. The smallest absolute Gasteiger partial charge is 0.339 e. The number of carbonyl (C=O) groups is 1. The van der Waals surface area contributed by atoms with Crippen molar-refractivity contribution >= 4 is 11.7 Å². The maximum absolute atomic E-state index is 11.4. The molecule has 3 heterocycles. The van der Waals surface area contributed by atoms with E-state index < -0.39 is 5.97 Å². The Labute approximate surface area is 162 Å². The minimum absolute atomic E-state index is 0.173. The quantitative estimate of drug-likeness (QED) is 0.731. The van der Waals surface area contributed by atoms with Crippen LogP contribution in [0.1, 0.15) is 28.5 Å². The molecule has 0 aliphatic carbocycles. The molecule has 7 heteroatoms. The summed E-state index contributed by atoms with van der Waals surface area (Å²) in [4.78, 5) is 27.0. The largest absolute Gasteiger partial charge is 0.493 e. The minimum Gasteiger partial charge on any atom is -0.493 e. The third-order valence-electron chi connectivity index (χ3n) is 4.69. The second kappa shape index (κ2) is 7.64. The van der Waals surface area contributed by atoms with Crippen LogP contribution < -0.4 is 9.64 Å². The summed E-state index contributed by atoms with van der Waals surface area (Å²) in [5.41, 5.74) is 3.95. The highest BCUT2D eigenvalue weighted by molar-refractivity contribution is 5.91. The van der Waals surface area contributed by atoms with Gasteiger partial charge in [0.05, 0.1) is 12.3 Å². The summed E-state index contributed by atoms with van der Waals surface area (Å²) in [7, 11) is 0. The number of aromatic carboxylic acids is 1. The Kier molecular flexibility index (Phi) is 4.89. The van der Waals surface area contributed by atoms with Gasteiger partial charge in [0.1, 0.15) is 17.0 Å². The Morgan fingerprint density at radius 3 is 2.89 bits per heavy atom. The Bertz CT molecular complexity index is 1010. The zero-order valence-electron chi connectivity index (χ0n) is 15.5. The van der Waals surface area contributed by atoms with Crippen molar-refractivity contribution in [2.45, 2.75) is 19.9 Å². The molecule has 0 saturated heterocycles. The number of anilines is 1. The summed E-state index contributed by atoms with van der Waals surface area (Å²) < 4.78 is 5.52. The number of benzene rings is 1. The lowest BCUT2D eigenvalue weighted by molar-refractivity contribution is 0.0692. The number of aromatic nitrogens is 3. The fraction of sp³-hybridized carbons (Fsp3) is 0.238. The van der Waals surface area contributed by atoms with Crippen LogP contribution in [0.15, 0.2) is 48.8 Å². The molecule has 1 aromatic carbocycles. The van der Waals surface area contributed by atoms with Gasteiger partial charge in [0.2, 0.25) is 0 Å². The highest BCUT2D eigenvalue weighted by Gasteiger charge is 2.21. The van der Waals surface area contributed by atoms with Crippen LogP contribution in [0, 0.1) is 0 Å². The molecule has 0 amide bonds. The lowest BCUT2D eigenvalue weighted by Crippen LogP contribution is -2.31. The molecular weight excluding hydrogens is 356 g/mol. The molecule has 1 aliphatic rings. The highest BCUT2D eigenvalue weighted by Crippen LogP contribution is 2.30. The van der Waals surface area contributed by atoms with Crippen LogP contribution in [0.4, 0.5) is 5.69 Å². The Balaban J connectivity index is 1.59. The molecule has 0 radical (unpaired) electrons. The molecule has 2 aromatic heterocycles. The van der Waals surface area contributed by atoms with Gasteiger partial charge < -0.3 is 14.7 Å². The second-order valence-corrected chi connectivity index (χ2v) is 6.47. The molecule has 0 bridgehead atoms. The fourth-order valence-electron chi connectivity index (χ4n) is 3.31. The number of nitrogens with zero attached hydrogens (tertiary/aromatic N) is 4. The first-order valence-corrected chi connectivity index (χ1v) is 9.17. The van der Waals surface area contributed by atoms with E-state index in [0.29, 0.717) is 24.7 Å². The van der Waals surface area contributed by atoms with Crippen LogP contribution in [0.2, 0.25) is 0 Å². The highest BCUT2D eigenvalue weighted by atomic mass is 16.5. The predicted molar refractivity (Wildman–Crippen MR) is 105 cm³/mol. The normalized spacial score (nSPS) is 13.1. The molecule has 0 spiro atoms. The van der Waals surface area contributed by atoms with Crippen LogP contribution in [0.3, 0.4) is 0 Å². The molecule has 0 saturated carbocycles. The lowest BCUT2D eigenvalue weighted by atomic mass is 10.1. The van der Waals surface area contributed by atoms with Crippen LogP contribution >= 0.6 is 0 Å². The van der Waals surface area contributed by atoms with E-state index >= 15 is 0 Å². The van der Waals surface area contributed by atoms with Crippen molar-refractivity contribution in [3.8, 4) is 17.3 Å². The van der Waals surface area contributed by atoms with Gasteiger partial charge in [-0.2, -0.15) is 0 Å². The number of hydrogen-bond acceptors (Lipinski definition) is 6. The third kappa shape index (κ3) is 3.51. The lowest BCUT2D eigenvalue weighted by Gasteiger charge is -2.30. The number of rotatable bonds is 5. The van der Waals surface area contributed by atoms with Gasteiger partial charge in [0, 0.05) is 49.2 Å². The van der Waals surface area contributed by atoms with E-state index in [4.69, 9.17) is 9.72 Å². The SMILES string of the molecule is CCOc1cc(N2CCc3nc(-c4ccccn4)ncc3C2)ccc1C(=O)O. The second-order valence-electron chi connectivity index (χ2n) is 6.47. The van der Waals surface area contributed by atoms with Crippen molar-refractivity contribution in [3.05, 3.63) is 65.6 Å². The molecular formula is C21H20N4O3. The average molecular weight is 376 g/mol. The summed E-state index contributed by atoms with van der Waals surface area (Å²) in [5.74, 6) is 0.0340. The van der Waals surface area contributed by atoms with Gasteiger partial charge in [0.25, 0.3) is 0 Å². The Hall–Kier alpha value is -3.48. The van der Waals surface area contributed by atoms with E-state index in [1.165, 1.54) is 0 Å². The predicted octanol–water partition coefficient (Wildman–Crippen LogP) is 3.20. The number of carboxylic acid groups (broad SMARTS) is 1. The molecule has 7 nitrogen and oxygen atoms in total. The summed E-state index contributed by atoms with van der Waals surface area (Å²) >= 11 is 0. The number of ether oxygens (including phenoxy) is 1. The summed E-state index contributed by atoms with van der Waals surface area (Å²) in [6.45, 7) is 3.70. The first kappa shape index (κ1) is 17.9. The molecule has 28 heavy (non-hydrogen) atoms. The molecule has 1 aliphatic heterocycles. The average Bonchev–Trinajstić information content (AvgIpc) is 2.73. The molecule has 0 unspecified atom stereocenters. The summed E-state index contributed by atoms with van der Waals surface area (Å²) in [6.07, 6.45) is 4.37. The van der Waals surface area contributed by atoms with Gasteiger partial charge in [-0.3, -0.25) is 4.98 Å². The van der Waals surface area contributed by atoms with Crippen LogP contribution in [-0.2, 0) is 13.0 Å². The maximum atomic E-state index is 11.4. The topological polar surface area (TPSA) is 88.4 Å². The molecule has 4 rings (SSSR count). The number of pyridine rings is 1. The standard InChI is InChI=1S/C21H20N4O3/c1-2-28-19-11-15(6-7-16(19)21(26)27)25-10-8-17-14(13-25)12-23-20(24-17)18-5-3-4-9-22-18/h3-7,9,11-12H,2,8,10,13H2,1H3,(H,26,27). The van der Waals surface area contributed by atoms with Crippen molar-refractivity contribution in [3.63, 3.8) is 0 Å². The van der Waals surface area contributed by atoms with E-state index in [9.17, 15) is 9.90 Å². The third-order valence-corrected chi connectivity index (χ3v) is 4.69. The number of fused-ring (bicyclic) bond motifs is 1. The molecule has 0 fully saturated rings. The van der Waals surface area contributed by atoms with Crippen molar-refractivity contribution in [1.82, 2.24) is 15.0 Å². The van der Waals surface area contributed by atoms with Gasteiger partial charge in [-0.15, -0.1) is 0 Å². The molecule has 142 valence electrons. The van der Waals surface area contributed by atoms with Gasteiger partial charge in [-0.25, -0.2) is 14.8 Å². The van der Waals surface area contributed by atoms with Crippen LogP contribution in [0.5, 0.6) is 5.75 Å². The van der Waals surface area contributed by atoms with Crippen molar-refractivity contribution in [2.24, 2.45) is 0 Å². The van der Waals surface area contributed by atoms with Crippen LogP contribution in [-0.4, -0.2) is 39.2 Å². The van der Waals surface area contributed by atoms with E-state index in [2.05, 4.69) is 14.9 Å². The van der Waals surface area contributed by atoms with Gasteiger partial charge in [0.15, 0.2) is 5.82 Å². The van der Waals surface area contributed by atoms with E-state index in [1.54, 1.807) is 18.3 Å². The van der Waals surface area contributed by atoms with Crippen molar-refractivity contribution in [1.29, 1.82) is 0 Å². The van der Waals surface area contributed by atoms with E-state index in [-0.39, 0.29) is 5.56 Å². The Morgan fingerprint density at radius 2 is 2.14 bits per heavy atom. The van der Waals surface area contributed by atoms with E-state index in [0.717, 1.165) is 35.6 Å². The zero-order chi connectivity index (χ0) is 19.5. The van der Waals surface area contributed by atoms with Gasteiger partial charge >= 0.3 is 5.97 Å². The number of hydrogen-bond donors (Lipinski definition) is 1. The van der Waals surface area contributed by atoms with Gasteiger partial charge in [-0.1, -0.05) is 6.07 Å².